The zero-order chi connectivity index (χ0) is 19.1. The van der Waals surface area contributed by atoms with E-state index in [0.717, 1.165) is 19.3 Å². The molecule has 0 aromatic carbocycles. The highest BCUT2D eigenvalue weighted by Crippen LogP contribution is 2.29. The Balaban J connectivity index is 2.83. The van der Waals surface area contributed by atoms with E-state index in [-0.39, 0.29) is 24.0 Å². The minimum atomic E-state index is -0.897. The molecule has 0 bridgehead atoms. The Morgan fingerprint density at radius 2 is 1.84 bits per heavy atom. The second-order valence-electron chi connectivity index (χ2n) is 7.35. The number of carbonyl (C=O) groups is 2. The first-order valence-electron chi connectivity index (χ1n) is 9.36. The minimum absolute atomic E-state index is 0.0316. The van der Waals surface area contributed by atoms with Crippen LogP contribution in [0.25, 0.3) is 0 Å². The van der Waals surface area contributed by atoms with E-state index in [1.54, 1.807) is 14.0 Å². The summed E-state index contributed by atoms with van der Waals surface area (Å²) in [5.74, 6) is -0.752. The number of carbonyl (C=O) groups excluding carboxylic acids is 1. The fraction of sp³-hybridized carbons (Fsp3) is 0.895. The van der Waals surface area contributed by atoms with Gasteiger partial charge in [0.25, 0.3) is 0 Å². The fourth-order valence-electron chi connectivity index (χ4n) is 3.79. The molecular weight excluding hydrogens is 322 g/mol. The van der Waals surface area contributed by atoms with E-state index in [1.807, 2.05) is 4.90 Å². The number of methoxy groups -OCH3 is 2. The molecule has 1 heterocycles. The third-order valence-electron chi connectivity index (χ3n) is 5.96. The van der Waals surface area contributed by atoms with Crippen LogP contribution in [0.1, 0.15) is 53.4 Å². The van der Waals surface area contributed by atoms with Crippen LogP contribution in [0.5, 0.6) is 0 Å². The summed E-state index contributed by atoms with van der Waals surface area (Å²) in [5.41, 5.74) is 0. The zero-order valence-electron chi connectivity index (χ0n) is 16.5. The van der Waals surface area contributed by atoms with Crippen molar-refractivity contribution < 1.29 is 24.2 Å². The first kappa shape index (κ1) is 21.9. The molecule has 6 nitrogen and oxygen atoms in total. The number of rotatable bonds is 10. The summed E-state index contributed by atoms with van der Waals surface area (Å²) >= 11 is 0. The lowest BCUT2D eigenvalue weighted by molar-refractivity contribution is -0.151. The van der Waals surface area contributed by atoms with Crippen molar-refractivity contribution in [3.8, 4) is 0 Å². The van der Waals surface area contributed by atoms with Crippen LogP contribution in [0.2, 0.25) is 0 Å². The number of carboxylic acids is 1. The standard InChI is InChI=1S/C19H35NO5/c1-7-12(2)13(3)16(24-5)11-17(21)20-10-8-9-15(20)18(25-6)14(4)19(22)23/h12-16,18H,7-11H2,1-6H3,(H,22,23)/t12-,13-,14+,15-,16+,18+/m0/s1. The van der Waals surface area contributed by atoms with Gasteiger partial charge in [-0.15, -0.1) is 0 Å². The first-order chi connectivity index (χ1) is 11.8. The second-order valence-corrected chi connectivity index (χ2v) is 7.35. The number of amides is 1. The van der Waals surface area contributed by atoms with E-state index in [4.69, 9.17) is 9.47 Å². The van der Waals surface area contributed by atoms with Gasteiger partial charge in [0.2, 0.25) is 5.91 Å². The molecule has 1 fully saturated rings. The quantitative estimate of drug-likeness (QED) is 0.651. The van der Waals surface area contributed by atoms with Crippen LogP contribution in [0.3, 0.4) is 0 Å². The molecule has 25 heavy (non-hydrogen) atoms. The molecule has 6 heteroatoms. The van der Waals surface area contributed by atoms with Crippen molar-refractivity contribution in [2.75, 3.05) is 20.8 Å². The lowest BCUT2D eigenvalue weighted by Gasteiger charge is -2.34. The Morgan fingerprint density at radius 3 is 2.32 bits per heavy atom. The fourth-order valence-corrected chi connectivity index (χ4v) is 3.79. The van der Waals surface area contributed by atoms with E-state index in [2.05, 4.69) is 20.8 Å². The molecule has 1 aliphatic rings. The van der Waals surface area contributed by atoms with Gasteiger partial charge in [-0.1, -0.05) is 27.2 Å². The third-order valence-corrected chi connectivity index (χ3v) is 5.96. The topological polar surface area (TPSA) is 76.1 Å². The van der Waals surface area contributed by atoms with Crippen molar-refractivity contribution in [1.29, 1.82) is 0 Å². The predicted molar refractivity (Wildman–Crippen MR) is 96.4 cm³/mol. The van der Waals surface area contributed by atoms with Crippen LogP contribution in [0.15, 0.2) is 0 Å². The molecule has 1 saturated heterocycles. The largest absolute Gasteiger partial charge is 0.481 e. The summed E-state index contributed by atoms with van der Waals surface area (Å²) in [7, 11) is 3.18. The van der Waals surface area contributed by atoms with Gasteiger partial charge in [-0.25, -0.2) is 0 Å². The molecule has 0 unspecified atom stereocenters. The van der Waals surface area contributed by atoms with Crippen LogP contribution >= 0.6 is 0 Å². The van der Waals surface area contributed by atoms with Gasteiger partial charge in [0.05, 0.1) is 30.6 Å². The van der Waals surface area contributed by atoms with Crippen LogP contribution < -0.4 is 0 Å². The summed E-state index contributed by atoms with van der Waals surface area (Å²) in [6, 6.07) is -0.181. The normalized spacial score (nSPS) is 23.8. The second kappa shape index (κ2) is 10.1. The van der Waals surface area contributed by atoms with Crippen molar-refractivity contribution in [2.24, 2.45) is 17.8 Å². The Hall–Kier alpha value is -1.14. The Labute approximate surface area is 151 Å². The van der Waals surface area contributed by atoms with Gasteiger partial charge in [-0.05, 0) is 31.6 Å². The molecule has 146 valence electrons. The zero-order valence-corrected chi connectivity index (χ0v) is 16.5. The van der Waals surface area contributed by atoms with Crippen molar-refractivity contribution in [3.05, 3.63) is 0 Å². The summed E-state index contributed by atoms with van der Waals surface area (Å²) in [4.78, 5) is 26.1. The monoisotopic (exact) mass is 357 g/mol. The van der Waals surface area contributed by atoms with E-state index in [0.29, 0.717) is 18.9 Å². The summed E-state index contributed by atoms with van der Waals surface area (Å²) < 4.78 is 11.1. The molecule has 1 rings (SSSR count). The Kier molecular flexibility index (Phi) is 8.86. The molecule has 0 aromatic rings. The van der Waals surface area contributed by atoms with Crippen molar-refractivity contribution in [2.45, 2.75) is 71.6 Å². The number of carboxylic acid groups (broad SMARTS) is 1. The van der Waals surface area contributed by atoms with Gasteiger partial charge in [0.15, 0.2) is 0 Å². The Bertz CT molecular complexity index is 442. The average molecular weight is 357 g/mol. The third kappa shape index (κ3) is 5.42. The highest BCUT2D eigenvalue weighted by atomic mass is 16.5. The molecule has 0 saturated carbocycles. The van der Waals surface area contributed by atoms with E-state index in [9.17, 15) is 14.7 Å². The van der Waals surface area contributed by atoms with E-state index >= 15 is 0 Å². The number of hydrogen-bond acceptors (Lipinski definition) is 4. The minimum Gasteiger partial charge on any atom is -0.481 e. The van der Waals surface area contributed by atoms with Gasteiger partial charge < -0.3 is 19.5 Å². The van der Waals surface area contributed by atoms with E-state index in [1.165, 1.54) is 7.11 Å². The van der Waals surface area contributed by atoms with Crippen LogP contribution in [0, 0.1) is 17.8 Å². The molecule has 1 aliphatic heterocycles. The summed E-state index contributed by atoms with van der Waals surface area (Å²) in [6.45, 7) is 8.74. The lowest BCUT2D eigenvalue weighted by atomic mass is 9.87. The summed E-state index contributed by atoms with van der Waals surface area (Å²) in [5, 5.41) is 9.31. The van der Waals surface area contributed by atoms with Crippen molar-refractivity contribution >= 4 is 11.9 Å². The highest BCUT2D eigenvalue weighted by Gasteiger charge is 2.40. The van der Waals surface area contributed by atoms with Crippen molar-refractivity contribution in [1.82, 2.24) is 4.90 Å². The number of hydrogen-bond donors (Lipinski definition) is 1. The number of ether oxygens (including phenoxy) is 2. The molecule has 1 N–H and O–H groups in total. The lowest BCUT2D eigenvalue weighted by Crippen LogP contribution is -2.48. The number of likely N-dealkylation sites (tertiary alicyclic amines) is 1. The van der Waals surface area contributed by atoms with Gasteiger partial charge in [-0.2, -0.15) is 0 Å². The van der Waals surface area contributed by atoms with E-state index < -0.39 is 18.0 Å². The first-order valence-corrected chi connectivity index (χ1v) is 9.36. The SMILES string of the molecule is CC[C@H](C)[C@H](C)[C@@H](CC(=O)N1CCC[C@H]1[C@H](OC)[C@@H](C)C(=O)O)OC. The molecule has 1 amide bonds. The number of nitrogens with zero attached hydrogens (tertiary/aromatic N) is 1. The van der Waals surface area contributed by atoms with Gasteiger partial charge in [0, 0.05) is 20.8 Å². The van der Waals surface area contributed by atoms with Gasteiger partial charge in [0.1, 0.15) is 0 Å². The number of aliphatic carboxylic acids is 1. The van der Waals surface area contributed by atoms with Gasteiger partial charge in [-0.3, -0.25) is 9.59 Å². The molecule has 0 spiro atoms. The summed E-state index contributed by atoms with van der Waals surface area (Å²) in [6.07, 6.45) is 2.42. The molecule has 0 aliphatic carbocycles. The van der Waals surface area contributed by atoms with Crippen LogP contribution in [-0.4, -0.2) is 60.9 Å². The molecule has 6 atom stereocenters. The maximum atomic E-state index is 12.9. The maximum Gasteiger partial charge on any atom is 0.308 e. The predicted octanol–water partition coefficient (Wildman–Crippen LogP) is 2.80. The van der Waals surface area contributed by atoms with Gasteiger partial charge >= 0.3 is 5.97 Å². The smallest absolute Gasteiger partial charge is 0.308 e. The molecule has 0 radical (unpaired) electrons. The highest BCUT2D eigenvalue weighted by molar-refractivity contribution is 5.78. The van der Waals surface area contributed by atoms with Crippen LogP contribution in [0.4, 0.5) is 0 Å². The van der Waals surface area contributed by atoms with Crippen molar-refractivity contribution in [3.63, 3.8) is 0 Å². The average Bonchev–Trinajstić information content (AvgIpc) is 3.08. The Morgan fingerprint density at radius 1 is 1.20 bits per heavy atom. The molecular formula is C19H35NO5. The molecule has 0 aromatic heterocycles. The van der Waals surface area contributed by atoms with Crippen LogP contribution in [-0.2, 0) is 19.1 Å². The maximum absolute atomic E-state index is 12.9.